The third kappa shape index (κ3) is 5.50. The molecule has 2 aromatic carbocycles. The van der Waals surface area contributed by atoms with Crippen molar-refractivity contribution in [1.82, 2.24) is 15.2 Å². The van der Waals surface area contributed by atoms with Crippen molar-refractivity contribution in [2.24, 2.45) is 0 Å². The Balaban J connectivity index is 1.45. The number of anilines is 1. The van der Waals surface area contributed by atoms with Gasteiger partial charge in [0.25, 0.3) is 0 Å². The molecule has 3 aromatic rings. The molecule has 2 N–H and O–H groups in total. The molecule has 26 heavy (non-hydrogen) atoms. The van der Waals surface area contributed by atoms with E-state index in [2.05, 4.69) is 20.5 Å². The maximum absolute atomic E-state index is 12.0. The van der Waals surface area contributed by atoms with Crippen molar-refractivity contribution in [3.8, 4) is 5.75 Å². The number of thioether (sulfide) groups is 1. The third-order valence-corrected chi connectivity index (χ3v) is 4.44. The predicted octanol–water partition coefficient (Wildman–Crippen LogP) is 4.08. The fourth-order valence-electron chi connectivity index (χ4n) is 2.12. The molecule has 1 aromatic heterocycles. The van der Waals surface area contributed by atoms with E-state index in [1.807, 2.05) is 31.2 Å². The highest BCUT2D eigenvalue weighted by Crippen LogP contribution is 2.17. The highest BCUT2D eigenvalue weighted by molar-refractivity contribution is 7.99. The Kier molecular flexibility index (Phi) is 6.14. The molecule has 1 heterocycles. The van der Waals surface area contributed by atoms with Gasteiger partial charge in [-0.25, -0.2) is 4.98 Å². The molecule has 6 nitrogen and oxygen atoms in total. The van der Waals surface area contributed by atoms with Gasteiger partial charge in [0.2, 0.25) is 11.1 Å². The highest BCUT2D eigenvalue weighted by atomic mass is 35.5. The van der Waals surface area contributed by atoms with Crippen LogP contribution in [0.25, 0.3) is 0 Å². The van der Waals surface area contributed by atoms with Gasteiger partial charge < -0.3 is 10.1 Å². The number of rotatable bonds is 7. The second kappa shape index (κ2) is 8.73. The number of hydrogen-bond donors (Lipinski definition) is 2. The van der Waals surface area contributed by atoms with Gasteiger partial charge in [-0.1, -0.05) is 35.5 Å². The lowest BCUT2D eigenvalue weighted by atomic mass is 10.2. The van der Waals surface area contributed by atoms with Gasteiger partial charge in [0.05, 0.1) is 5.75 Å². The molecule has 0 saturated heterocycles. The number of aromatic amines is 1. The largest absolute Gasteiger partial charge is 0.486 e. The Morgan fingerprint density at radius 2 is 2.08 bits per heavy atom. The smallest absolute Gasteiger partial charge is 0.234 e. The molecule has 0 aliphatic heterocycles. The average Bonchev–Trinajstić information content (AvgIpc) is 3.08. The lowest BCUT2D eigenvalue weighted by Crippen LogP contribution is -2.13. The molecule has 0 aliphatic rings. The Hall–Kier alpha value is -2.51. The summed E-state index contributed by atoms with van der Waals surface area (Å²) in [6.45, 7) is 2.29. The minimum atomic E-state index is -0.139. The maximum Gasteiger partial charge on any atom is 0.234 e. The van der Waals surface area contributed by atoms with Crippen molar-refractivity contribution in [3.63, 3.8) is 0 Å². The fraction of sp³-hybridized carbons (Fsp3) is 0.167. The summed E-state index contributed by atoms with van der Waals surface area (Å²) in [6.07, 6.45) is 0. The third-order valence-electron chi connectivity index (χ3n) is 3.34. The van der Waals surface area contributed by atoms with E-state index in [4.69, 9.17) is 16.3 Å². The van der Waals surface area contributed by atoms with Crippen molar-refractivity contribution in [1.29, 1.82) is 0 Å². The van der Waals surface area contributed by atoms with Crippen LogP contribution < -0.4 is 10.1 Å². The standard InChI is InChI=1S/C18H17ClN4O2S/c1-12-3-2-4-15(9-12)25-10-16-21-18(23-22-16)26-11-17(24)20-14-7-5-13(19)6-8-14/h2-9H,10-11H2,1H3,(H,20,24)(H,21,22,23). The zero-order valence-electron chi connectivity index (χ0n) is 14.0. The van der Waals surface area contributed by atoms with Crippen LogP contribution in [0.4, 0.5) is 5.69 Å². The maximum atomic E-state index is 12.0. The molecule has 0 spiro atoms. The van der Waals surface area contributed by atoms with E-state index in [0.717, 1.165) is 11.3 Å². The quantitative estimate of drug-likeness (QED) is 0.596. The molecule has 0 bridgehead atoms. The first kappa shape index (κ1) is 18.3. The summed E-state index contributed by atoms with van der Waals surface area (Å²) in [6, 6.07) is 14.7. The molecule has 0 saturated carbocycles. The molecule has 8 heteroatoms. The van der Waals surface area contributed by atoms with Crippen molar-refractivity contribution in [2.45, 2.75) is 18.7 Å². The molecule has 0 atom stereocenters. The average molecular weight is 389 g/mol. The molecule has 0 aliphatic carbocycles. The van der Waals surface area contributed by atoms with Crippen LogP contribution in [0.5, 0.6) is 5.75 Å². The lowest BCUT2D eigenvalue weighted by Gasteiger charge is -2.04. The number of carbonyl (C=O) groups excluding carboxylic acids is 1. The van der Waals surface area contributed by atoms with Crippen LogP contribution in [0.3, 0.4) is 0 Å². The SMILES string of the molecule is Cc1cccc(OCc2nc(SCC(=O)Nc3ccc(Cl)cc3)n[nH]2)c1. The number of benzene rings is 2. The first-order chi connectivity index (χ1) is 12.6. The van der Waals surface area contributed by atoms with E-state index < -0.39 is 0 Å². The second-order valence-corrected chi connectivity index (χ2v) is 6.89. The van der Waals surface area contributed by atoms with Crippen LogP contribution in [0, 0.1) is 6.92 Å². The van der Waals surface area contributed by atoms with E-state index >= 15 is 0 Å². The van der Waals surface area contributed by atoms with Gasteiger partial charge in [-0.15, -0.1) is 5.10 Å². The van der Waals surface area contributed by atoms with E-state index in [1.165, 1.54) is 11.8 Å². The first-order valence-electron chi connectivity index (χ1n) is 7.87. The number of hydrogen-bond acceptors (Lipinski definition) is 5. The number of halogens is 1. The van der Waals surface area contributed by atoms with Crippen LogP contribution in [0.1, 0.15) is 11.4 Å². The summed E-state index contributed by atoms with van der Waals surface area (Å²) < 4.78 is 5.67. The van der Waals surface area contributed by atoms with E-state index in [9.17, 15) is 4.79 Å². The number of nitrogens with zero attached hydrogens (tertiary/aromatic N) is 2. The number of amides is 1. The fourth-order valence-corrected chi connectivity index (χ4v) is 2.87. The number of carbonyl (C=O) groups is 1. The molecular weight excluding hydrogens is 372 g/mol. The molecular formula is C18H17ClN4O2S. The number of aromatic nitrogens is 3. The van der Waals surface area contributed by atoms with E-state index in [-0.39, 0.29) is 18.3 Å². The molecule has 134 valence electrons. The van der Waals surface area contributed by atoms with E-state index in [1.54, 1.807) is 24.3 Å². The Morgan fingerprint density at radius 1 is 1.27 bits per heavy atom. The van der Waals surface area contributed by atoms with Crippen molar-refractivity contribution >= 4 is 35.0 Å². The van der Waals surface area contributed by atoms with Gasteiger partial charge in [0, 0.05) is 10.7 Å². The predicted molar refractivity (Wildman–Crippen MR) is 103 cm³/mol. The van der Waals surface area contributed by atoms with E-state index in [0.29, 0.717) is 21.7 Å². The van der Waals surface area contributed by atoms with Crippen LogP contribution in [0.15, 0.2) is 53.7 Å². The summed E-state index contributed by atoms with van der Waals surface area (Å²) in [5, 5.41) is 10.8. The van der Waals surface area contributed by atoms with Crippen LogP contribution >= 0.6 is 23.4 Å². The zero-order valence-corrected chi connectivity index (χ0v) is 15.6. The first-order valence-corrected chi connectivity index (χ1v) is 9.24. The minimum Gasteiger partial charge on any atom is -0.486 e. The zero-order chi connectivity index (χ0) is 18.4. The van der Waals surface area contributed by atoms with Gasteiger partial charge >= 0.3 is 0 Å². The second-order valence-electron chi connectivity index (χ2n) is 5.51. The van der Waals surface area contributed by atoms with Crippen LogP contribution in [-0.4, -0.2) is 26.8 Å². The van der Waals surface area contributed by atoms with Crippen LogP contribution in [0.2, 0.25) is 5.02 Å². The molecule has 0 fully saturated rings. The number of ether oxygens (including phenoxy) is 1. The monoisotopic (exact) mass is 388 g/mol. The topological polar surface area (TPSA) is 79.9 Å². The summed E-state index contributed by atoms with van der Waals surface area (Å²) in [5.74, 6) is 1.45. The Labute approximate surface area is 160 Å². The Morgan fingerprint density at radius 3 is 2.85 bits per heavy atom. The summed E-state index contributed by atoms with van der Waals surface area (Å²) in [7, 11) is 0. The Bertz CT molecular complexity index is 883. The molecule has 0 unspecified atom stereocenters. The molecule has 1 amide bonds. The lowest BCUT2D eigenvalue weighted by molar-refractivity contribution is -0.113. The van der Waals surface area contributed by atoms with Gasteiger partial charge in [-0.05, 0) is 48.9 Å². The van der Waals surface area contributed by atoms with Crippen molar-refractivity contribution in [2.75, 3.05) is 11.1 Å². The minimum absolute atomic E-state index is 0.139. The van der Waals surface area contributed by atoms with Gasteiger partial charge in [0.15, 0.2) is 5.82 Å². The van der Waals surface area contributed by atoms with Crippen molar-refractivity contribution in [3.05, 3.63) is 64.9 Å². The highest BCUT2D eigenvalue weighted by Gasteiger charge is 2.09. The van der Waals surface area contributed by atoms with Crippen LogP contribution in [-0.2, 0) is 11.4 Å². The summed E-state index contributed by atoms with van der Waals surface area (Å²) in [5.41, 5.74) is 1.82. The van der Waals surface area contributed by atoms with Gasteiger partial charge in [-0.2, -0.15) is 0 Å². The molecule has 3 rings (SSSR count). The normalized spacial score (nSPS) is 10.5. The number of nitrogens with one attached hydrogen (secondary N) is 2. The summed E-state index contributed by atoms with van der Waals surface area (Å²) in [4.78, 5) is 16.3. The number of H-pyrrole nitrogens is 1. The van der Waals surface area contributed by atoms with Gasteiger partial charge in [-0.3, -0.25) is 9.89 Å². The number of aryl methyl sites for hydroxylation is 1. The summed E-state index contributed by atoms with van der Waals surface area (Å²) >= 11 is 7.07. The van der Waals surface area contributed by atoms with Gasteiger partial charge in [0.1, 0.15) is 12.4 Å². The molecule has 0 radical (unpaired) electrons. The van der Waals surface area contributed by atoms with Crippen molar-refractivity contribution < 1.29 is 9.53 Å².